The number of aromatic nitrogens is 1. The van der Waals surface area contributed by atoms with E-state index in [1.165, 1.54) is 12.1 Å². The minimum Gasteiger partial charge on any atom is -0.308 e. The summed E-state index contributed by atoms with van der Waals surface area (Å²) in [5.41, 5.74) is 2.27. The number of urea groups is 1. The van der Waals surface area contributed by atoms with Gasteiger partial charge >= 0.3 is 6.03 Å². The Bertz CT molecular complexity index is 576. The van der Waals surface area contributed by atoms with Crippen molar-refractivity contribution in [1.82, 2.24) is 4.98 Å². The maximum Gasteiger partial charge on any atom is 0.324 e. The maximum atomic E-state index is 13.1. The van der Waals surface area contributed by atoms with Crippen LogP contribution in [0.1, 0.15) is 11.3 Å². The van der Waals surface area contributed by atoms with E-state index in [4.69, 9.17) is 0 Å². The summed E-state index contributed by atoms with van der Waals surface area (Å²) in [6.45, 7) is 3.62. The van der Waals surface area contributed by atoms with Crippen LogP contribution in [0.2, 0.25) is 0 Å². The number of carbonyl (C=O) groups excluding carboxylic acids is 1. The van der Waals surface area contributed by atoms with Crippen LogP contribution in [-0.4, -0.2) is 11.0 Å². The number of amides is 2. The van der Waals surface area contributed by atoms with Gasteiger partial charge in [-0.2, -0.15) is 0 Å². The highest BCUT2D eigenvalue weighted by Gasteiger charge is 2.05. The summed E-state index contributed by atoms with van der Waals surface area (Å²) in [6.07, 6.45) is 0. The molecule has 0 bridgehead atoms. The topological polar surface area (TPSA) is 54.0 Å². The van der Waals surface area contributed by atoms with Crippen molar-refractivity contribution in [1.29, 1.82) is 0 Å². The summed E-state index contributed by atoms with van der Waals surface area (Å²) >= 11 is 0. The molecule has 0 spiro atoms. The van der Waals surface area contributed by atoms with Crippen LogP contribution in [0, 0.1) is 19.7 Å². The second-order valence-electron chi connectivity index (χ2n) is 4.26. The van der Waals surface area contributed by atoms with E-state index in [0.717, 1.165) is 5.56 Å². The first kappa shape index (κ1) is 13.0. The lowest BCUT2D eigenvalue weighted by Gasteiger charge is -2.08. The quantitative estimate of drug-likeness (QED) is 0.867. The molecule has 2 rings (SSSR count). The summed E-state index contributed by atoms with van der Waals surface area (Å²) in [5.74, 6) is -0.250. The van der Waals surface area contributed by atoms with Gasteiger partial charge in [-0.3, -0.25) is 5.32 Å². The Hall–Kier alpha value is -2.43. The van der Waals surface area contributed by atoms with Crippen molar-refractivity contribution in [2.75, 3.05) is 10.6 Å². The Kier molecular flexibility index (Phi) is 3.75. The molecule has 19 heavy (non-hydrogen) atoms. The molecule has 0 radical (unpaired) electrons. The predicted molar refractivity (Wildman–Crippen MR) is 72.8 cm³/mol. The molecule has 2 amide bonds. The Morgan fingerprint density at radius 2 is 1.79 bits per heavy atom. The zero-order valence-electron chi connectivity index (χ0n) is 10.7. The number of carbonyl (C=O) groups is 1. The van der Waals surface area contributed by atoms with Gasteiger partial charge in [0.15, 0.2) is 0 Å². The van der Waals surface area contributed by atoms with Crippen LogP contribution < -0.4 is 10.6 Å². The first-order chi connectivity index (χ1) is 9.02. The number of aryl methyl sites for hydroxylation is 2. The number of halogens is 1. The van der Waals surface area contributed by atoms with Gasteiger partial charge in [-0.05, 0) is 32.0 Å². The van der Waals surface area contributed by atoms with Gasteiger partial charge in [0.05, 0.1) is 0 Å². The lowest BCUT2D eigenvalue weighted by molar-refractivity contribution is 0.262. The molecule has 98 valence electrons. The normalized spacial score (nSPS) is 10.1. The molecule has 1 heterocycles. The van der Waals surface area contributed by atoms with E-state index >= 15 is 0 Å². The highest BCUT2D eigenvalue weighted by atomic mass is 19.1. The molecule has 0 aliphatic rings. The number of rotatable bonds is 2. The molecule has 0 aliphatic carbocycles. The standard InChI is InChI=1S/C14H14FN3O/c1-9-3-5-12(6-4-9)17-14(19)18-13-8-11(15)7-10(2)16-13/h3-8H,1-2H3,(H2,16,17,18,19). The summed E-state index contributed by atoms with van der Waals surface area (Å²) < 4.78 is 13.1. The average molecular weight is 259 g/mol. The SMILES string of the molecule is Cc1ccc(NC(=O)Nc2cc(F)cc(C)n2)cc1. The number of nitrogens with one attached hydrogen (secondary N) is 2. The molecule has 0 unspecified atom stereocenters. The Morgan fingerprint density at radius 1 is 1.11 bits per heavy atom. The van der Waals surface area contributed by atoms with E-state index in [9.17, 15) is 9.18 Å². The molecule has 4 nitrogen and oxygen atoms in total. The van der Waals surface area contributed by atoms with E-state index in [1.54, 1.807) is 19.1 Å². The van der Waals surface area contributed by atoms with Gasteiger partial charge in [0, 0.05) is 17.4 Å². The van der Waals surface area contributed by atoms with Crippen molar-refractivity contribution >= 4 is 17.5 Å². The molecule has 0 atom stereocenters. The third kappa shape index (κ3) is 3.77. The molecule has 0 aliphatic heterocycles. The number of anilines is 2. The average Bonchev–Trinajstić information content (AvgIpc) is 2.30. The van der Waals surface area contributed by atoms with Crippen LogP contribution in [0.4, 0.5) is 20.7 Å². The van der Waals surface area contributed by atoms with Gasteiger partial charge in [0.2, 0.25) is 0 Å². The molecular weight excluding hydrogens is 245 g/mol. The van der Waals surface area contributed by atoms with Crippen LogP contribution in [-0.2, 0) is 0 Å². The molecule has 0 fully saturated rings. The Labute approximate surface area is 110 Å². The van der Waals surface area contributed by atoms with Crippen LogP contribution in [0.3, 0.4) is 0 Å². The zero-order chi connectivity index (χ0) is 13.8. The molecule has 1 aromatic carbocycles. The number of hydrogen-bond donors (Lipinski definition) is 2. The summed E-state index contributed by atoms with van der Waals surface area (Å²) in [4.78, 5) is 15.7. The van der Waals surface area contributed by atoms with Crippen molar-refractivity contribution in [3.05, 3.63) is 53.5 Å². The fourth-order valence-corrected chi connectivity index (χ4v) is 1.61. The van der Waals surface area contributed by atoms with Crippen molar-refractivity contribution < 1.29 is 9.18 Å². The fraction of sp³-hybridized carbons (Fsp3) is 0.143. The number of hydrogen-bond acceptors (Lipinski definition) is 2. The molecule has 1 aromatic heterocycles. The highest BCUT2D eigenvalue weighted by molar-refractivity contribution is 5.99. The number of pyridine rings is 1. The summed E-state index contributed by atoms with van der Waals surface area (Å²) in [7, 11) is 0. The van der Waals surface area contributed by atoms with Gasteiger partial charge in [-0.1, -0.05) is 17.7 Å². The third-order valence-corrected chi connectivity index (χ3v) is 2.47. The van der Waals surface area contributed by atoms with Crippen molar-refractivity contribution in [2.45, 2.75) is 13.8 Å². The highest BCUT2D eigenvalue weighted by Crippen LogP contribution is 2.11. The fourth-order valence-electron chi connectivity index (χ4n) is 1.61. The molecule has 0 saturated heterocycles. The van der Waals surface area contributed by atoms with Gasteiger partial charge in [0.25, 0.3) is 0 Å². The van der Waals surface area contributed by atoms with Gasteiger partial charge < -0.3 is 5.32 Å². The Balaban J connectivity index is 2.03. The first-order valence-electron chi connectivity index (χ1n) is 5.82. The minimum atomic E-state index is -0.457. The zero-order valence-corrected chi connectivity index (χ0v) is 10.7. The minimum absolute atomic E-state index is 0.183. The maximum absolute atomic E-state index is 13.1. The number of nitrogens with zero attached hydrogens (tertiary/aromatic N) is 1. The number of benzene rings is 1. The van der Waals surface area contributed by atoms with Crippen LogP contribution >= 0.6 is 0 Å². The third-order valence-electron chi connectivity index (χ3n) is 2.47. The van der Waals surface area contributed by atoms with E-state index in [2.05, 4.69) is 15.6 Å². The molecular formula is C14H14FN3O. The van der Waals surface area contributed by atoms with Gasteiger partial charge in [-0.15, -0.1) is 0 Å². The second kappa shape index (κ2) is 5.48. The second-order valence-corrected chi connectivity index (χ2v) is 4.26. The summed E-state index contributed by atoms with van der Waals surface area (Å²) in [6, 6.07) is 9.37. The summed E-state index contributed by atoms with van der Waals surface area (Å²) in [5, 5.41) is 5.13. The smallest absolute Gasteiger partial charge is 0.308 e. The van der Waals surface area contributed by atoms with Crippen molar-refractivity contribution in [3.8, 4) is 0 Å². The van der Waals surface area contributed by atoms with E-state index in [-0.39, 0.29) is 5.82 Å². The monoisotopic (exact) mass is 259 g/mol. The molecule has 0 saturated carbocycles. The first-order valence-corrected chi connectivity index (χ1v) is 5.82. The van der Waals surface area contributed by atoms with Gasteiger partial charge in [0.1, 0.15) is 11.6 Å². The Morgan fingerprint density at radius 3 is 2.42 bits per heavy atom. The van der Waals surface area contributed by atoms with Gasteiger partial charge in [-0.25, -0.2) is 14.2 Å². The largest absolute Gasteiger partial charge is 0.324 e. The molecule has 2 N–H and O–H groups in total. The lowest BCUT2D eigenvalue weighted by Crippen LogP contribution is -2.20. The van der Waals surface area contributed by atoms with E-state index in [0.29, 0.717) is 11.4 Å². The molecule has 5 heteroatoms. The van der Waals surface area contributed by atoms with Crippen molar-refractivity contribution in [3.63, 3.8) is 0 Å². The van der Waals surface area contributed by atoms with Crippen LogP contribution in [0.5, 0.6) is 0 Å². The van der Waals surface area contributed by atoms with E-state index < -0.39 is 11.8 Å². The van der Waals surface area contributed by atoms with Crippen LogP contribution in [0.15, 0.2) is 36.4 Å². The van der Waals surface area contributed by atoms with Crippen LogP contribution in [0.25, 0.3) is 0 Å². The molecule has 2 aromatic rings. The lowest BCUT2D eigenvalue weighted by atomic mass is 10.2. The van der Waals surface area contributed by atoms with E-state index in [1.807, 2.05) is 19.1 Å². The van der Waals surface area contributed by atoms with Crippen molar-refractivity contribution in [2.24, 2.45) is 0 Å². The predicted octanol–water partition coefficient (Wildman–Crippen LogP) is 3.48.